The minimum absolute atomic E-state index is 0.0862. The summed E-state index contributed by atoms with van der Waals surface area (Å²) >= 11 is 0. The molecule has 0 heterocycles. The summed E-state index contributed by atoms with van der Waals surface area (Å²) in [6.07, 6.45) is 15.3. The SMILES string of the molecule is C#Cc1ccccc1C(C(=O)NC1CCCCC1)N(CCCCCCC)C(=O)CNC(=O)OC(C)(C)C. The number of alkyl carbamates (subject to hydrolysis) is 1. The highest BCUT2D eigenvalue weighted by molar-refractivity contribution is 5.91. The standard InChI is InChI=1S/C30H45N3O4/c1-6-8-9-10-16-21-33(26(34)22-31-29(36)37-30(3,4)5)27(25-20-15-14-17-23(25)7-2)28(35)32-24-18-12-11-13-19-24/h2,14-15,17,20,24,27H,6,8-13,16,18-19,21-22H2,1,3-5H3,(H,31,36)(H,32,35). The molecule has 0 spiro atoms. The Kier molecular flexibility index (Phi) is 12.5. The molecule has 3 amide bonds. The third-order valence-corrected chi connectivity index (χ3v) is 6.53. The Morgan fingerprint density at radius 1 is 1.08 bits per heavy atom. The molecular weight excluding hydrogens is 466 g/mol. The lowest BCUT2D eigenvalue weighted by Crippen LogP contribution is -2.50. The number of unbranched alkanes of at least 4 members (excludes halogenated alkanes) is 4. The topological polar surface area (TPSA) is 87.7 Å². The molecule has 1 aliphatic rings. The van der Waals surface area contributed by atoms with E-state index in [0.717, 1.165) is 57.8 Å². The molecular formula is C30H45N3O4. The largest absolute Gasteiger partial charge is 0.444 e. The van der Waals surface area contributed by atoms with E-state index in [-0.39, 0.29) is 24.4 Å². The van der Waals surface area contributed by atoms with E-state index in [1.54, 1.807) is 31.7 Å². The third kappa shape index (κ3) is 10.5. The van der Waals surface area contributed by atoms with Crippen molar-refractivity contribution in [2.45, 2.75) is 110 Å². The number of carbonyl (C=O) groups is 3. The second kappa shape index (κ2) is 15.3. The quantitative estimate of drug-likeness (QED) is 0.287. The lowest BCUT2D eigenvalue weighted by Gasteiger charge is -2.34. The van der Waals surface area contributed by atoms with E-state index in [2.05, 4.69) is 23.5 Å². The highest BCUT2D eigenvalue weighted by Crippen LogP contribution is 2.27. The van der Waals surface area contributed by atoms with Crippen LogP contribution in [0, 0.1) is 12.3 Å². The molecule has 1 atom stereocenters. The maximum absolute atomic E-state index is 13.8. The Bertz CT molecular complexity index is 925. The number of terminal acetylenes is 1. The molecule has 7 heteroatoms. The third-order valence-electron chi connectivity index (χ3n) is 6.53. The lowest BCUT2D eigenvalue weighted by molar-refractivity contribution is -0.140. The molecule has 2 rings (SSSR count). The predicted molar refractivity (Wildman–Crippen MR) is 147 cm³/mol. The van der Waals surface area contributed by atoms with Gasteiger partial charge in [-0.3, -0.25) is 9.59 Å². The van der Waals surface area contributed by atoms with Gasteiger partial charge in [-0.1, -0.05) is 76.0 Å². The van der Waals surface area contributed by atoms with Crippen LogP contribution in [0.1, 0.15) is 109 Å². The fourth-order valence-corrected chi connectivity index (χ4v) is 4.69. The van der Waals surface area contributed by atoms with Crippen molar-refractivity contribution in [1.82, 2.24) is 15.5 Å². The van der Waals surface area contributed by atoms with E-state index in [0.29, 0.717) is 17.7 Å². The van der Waals surface area contributed by atoms with E-state index >= 15 is 0 Å². The molecule has 1 aliphatic carbocycles. The second-order valence-corrected chi connectivity index (χ2v) is 10.8. The zero-order valence-electron chi connectivity index (χ0n) is 23.1. The monoisotopic (exact) mass is 511 g/mol. The van der Waals surface area contributed by atoms with E-state index in [9.17, 15) is 14.4 Å². The van der Waals surface area contributed by atoms with Crippen LogP contribution in [0.15, 0.2) is 24.3 Å². The second-order valence-electron chi connectivity index (χ2n) is 10.8. The summed E-state index contributed by atoms with van der Waals surface area (Å²) < 4.78 is 5.30. The number of nitrogens with one attached hydrogen (secondary N) is 2. The lowest BCUT2D eigenvalue weighted by atomic mass is 9.93. The summed E-state index contributed by atoms with van der Waals surface area (Å²) in [5.74, 6) is 2.10. The highest BCUT2D eigenvalue weighted by atomic mass is 16.6. The molecule has 1 fully saturated rings. The maximum Gasteiger partial charge on any atom is 0.408 e. The number of nitrogens with zero attached hydrogens (tertiary/aromatic N) is 1. The molecule has 1 aromatic carbocycles. The van der Waals surface area contributed by atoms with E-state index in [1.807, 2.05) is 18.2 Å². The summed E-state index contributed by atoms with van der Waals surface area (Å²) in [5, 5.41) is 5.76. The van der Waals surface area contributed by atoms with E-state index < -0.39 is 17.7 Å². The van der Waals surface area contributed by atoms with Crippen LogP contribution in [0.5, 0.6) is 0 Å². The van der Waals surface area contributed by atoms with Crippen molar-refractivity contribution in [2.75, 3.05) is 13.1 Å². The highest BCUT2D eigenvalue weighted by Gasteiger charge is 2.34. The first-order chi connectivity index (χ1) is 17.7. The van der Waals surface area contributed by atoms with Gasteiger partial charge in [-0.15, -0.1) is 6.42 Å². The van der Waals surface area contributed by atoms with Gasteiger partial charge in [-0.05, 0) is 51.7 Å². The van der Waals surface area contributed by atoms with Gasteiger partial charge in [0.05, 0.1) is 0 Å². The van der Waals surface area contributed by atoms with Crippen LogP contribution in [0.25, 0.3) is 0 Å². The van der Waals surface area contributed by atoms with Gasteiger partial charge in [0.2, 0.25) is 11.8 Å². The van der Waals surface area contributed by atoms with Gasteiger partial charge in [0, 0.05) is 18.2 Å². The minimum Gasteiger partial charge on any atom is -0.444 e. The summed E-state index contributed by atoms with van der Waals surface area (Å²) in [5.41, 5.74) is 0.521. The summed E-state index contributed by atoms with van der Waals surface area (Å²) in [6, 6.07) is 6.48. The molecule has 37 heavy (non-hydrogen) atoms. The number of benzene rings is 1. The Morgan fingerprint density at radius 2 is 1.76 bits per heavy atom. The number of hydrogen-bond donors (Lipinski definition) is 2. The number of ether oxygens (including phenoxy) is 1. The van der Waals surface area contributed by atoms with Crippen molar-refractivity contribution in [2.24, 2.45) is 0 Å². The van der Waals surface area contributed by atoms with E-state index in [1.165, 1.54) is 6.42 Å². The van der Waals surface area contributed by atoms with Crippen LogP contribution in [0.4, 0.5) is 4.79 Å². The average molecular weight is 512 g/mol. The van der Waals surface area contributed by atoms with Gasteiger partial charge in [0.25, 0.3) is 0 Å². The molecule has 204 valence electrons. The Balaban J connectivity index is 2.33. The van der Waals surface area contributed by atoms with Crippen LogP contribution < -0.4 is 10.6 Å². The van der Waals surface area contributed by atoms with Crippen LogP contribution in [-0.2, 0) is 14.3 Å². The normalized spacial score (nSPS) is 14.8. The minimum atomic E-state index is -0.881. The number of carbonyl (C=O) groups excluding carboxylic acids is 3. The summed E-state index contributed by atoms with van der Waals surface area (Å²) in [7, 11) is 0. The zero-order valence-corrected chi connectivity index (χ0v) is 23.1. The van der Waals surface area contributed by atoms with Gasteiger partial charge < -0.3 is 20.3 Å². The average Bonchev–Trinajstić information content (AvgIpc) is 2.86. The van der Waals surface area contributed by atoms with Crippen molar-refractivity contribution in [1.29, 1.82) is 0 Å². The van der Waals surface area contributed by atoms with Gasteiger partial charge >= 0.3 is 6.09 Å². The first kappa shape index (κ1) is 30.2. The zero-order chi connectivity index (χ0) is 27.3. The van der Waals surface area contributed by atoms with Crippen LogP contribution in [0.3, 0.4) is 0 Å². The Morgan fingerprint density at radius 3 is 2.41 bits per heavy atom. The van der Waals surface area contributed by atoms with Crippen molar-refractivity contribution in [3.05, 3.63) is 35.4 Å². The number of amides is 3. The molecule has 1 aromatic rings. The molecule has 2 N–H and O–H groups in total. The summed E-state index contributed by atoms with van der Waals surface area (Å²) in [6.45, 7) is 7.56. The molecule has 0 bridgehead atoms. The molecule has 1 unspecified atom stereocenters. The molecule has 0 aliphatic heterocycles. The van der Waals surface area contributed by atoms with Crippen molar-refractivity contribution in [3.63, 3.8) is 0 Å². The van der Waals surface area contributed by atoms with Crippen molar-refractivity contribution < 1.29 is 19.1 Å². The van der Waals surface area contributed by atoms with Crippen LogP contribution in [-0.4, -0.2) is 47.5 Å². The first-order valence-corrected chi connectivity index (χ1v) is 13.8. The molecule has 0 saturated heterocycles. The summed E-state index contributed by atoms with van der Waals surface area (Å²) in [4.78, 5) is 41.2. The fourth-order valence-electron chi connectivity index (χ4n) is 4.69. The van der Waals surface area contributed by atoms with Gasteiger partial charge in [-0.2, -0.15) is 0 Å². The fraction of sp³-hybridized carbons (Fsp3) is 0.633. The number of rotatable bonds is 12. The van der Waals surface area contributed by atoms with Crippen LogP contribution in [0.2, 0.25) is 0 Å². The van der Waals surface area contributed by atoms with E-state index in [4.69, 9.17) is 11.2 Å². The number of hydrogen-bond acceptors (Lipinski definition) is 4. The van der Waals surface area contributed by atoms with Crippen molar-refractivity contribution >= 4 is 17.9 Å². The molecule has 1 saturated carbocycles. The van der Waals surface area contributed by atoms with Gasteiger partial charge in [-0.25, -0.2) is 4.79 Å². The molecule has 0 aromatic heterocycles. The van der Waals surface area contributed by atoms with Gasteiger partial charge in [0.1, 0.15) is 18.2 Å². The molecule has 7 nitrogen and oxygen atoms in total. The predicted octanol–water partition coefficient (Wildman–Crippen LogP) is 5.48. The van der Waals surface area contributed by atoms with Crippen molar-refractivity contribution in [3.8, 4) is 12.3 Å². The maximum atomic E-state index is 13.8. The van der Waals surface area contributed by atoms with Gasteiger partial charge in [0.15, 0.2) is 0 Å². The van der Waals surface area contributed by atoms with Crippen LogP contribution >= 0.6 is 0 Å². The Hall–Kier alpha value is -3.01. The first-order valence-electron chi connectivity index (χ1n) is 13.8. The molecule has 0 radical (unpaired) electrons. The smallest absolute Gasteiger partial charge is 0.408 e. The Labute approximate surface area is 223 Å².